The normalized spacial score (nSPS) is 22.5. The standard InChI is InChI=1S/C17H28N2/c1-4-15(2)16(3)9-10-18-11-13-19(14-12-18)17-7-5-6-8-17/h4,17H,1-3,5-14H2. The summed E-state index contributed by atoms with van der Waals surface area (Å²) >= 11 is 0. The van der Waals surface area contributed by atoms with E-state index in [0.29, 0.717) is 0 Å². The van der Waals surface area contributed by atoms with Gasteiger partial charge in [-0.25, -0.2) is 0 Å². The van der Waals surface area contributed by atoms with Crippen molar-refractivity contribution in [2.24, 2.45) is 0 Å². The molecule has 1 aliphatic heterocycles. The first-order valence-corrected chi connectivity index (χ1v) is 7.66. The maximum Gasteiger partial charge on any atom is 0.0113 e. The zero-order chi connectivity index (χ0) is 13.7. The summed E-state index contributed by atoms with van der Waals surface area (Å²) < 4.78 is 0. The molecule has 0 aromatic rings. The summed E-state index contributed by atoms with van der Waals surface area (Å²) in [6.07, 6.45) is 8.56. The highest BCUT2D eigenvalue weighted by atomic mass is 15.3. The average Bonchev–Trinajstić information content (AvgIpc) is 2.98. The average molecular weight is 260 g/mol. The molecule has 1 aliphatic carbocycles. The molecule has 2 heteroatoms. The molecule has 0 atom stereocenters. The maximum atomic E-state index is 4.08. The molecule has 106 valence electrons. The van der Waals surface area contributed by atoms with Crippen molar-refractivity contribution in [3.63, 3.8) is 0 Å². The number of piperazine rings is 1. The highest BCUT2D eigenvalue weighted by Gasteiger charge is 2.25. The summed E-state index contributed by atoms with van der Waals surface area (Å²) in [5.41, 5.74) is 2.12. The Balaban J connectivity index is 1.67. The van der Waals surface area contributed by atoms with Crippen LogP contribution in [0, 0.1) is 0 Å². The molecule has 0 aromatic heterocycles. The molecule has 2 fully saturated rings. The van der Waals surface area contributed by atoms with E-state index in [9.17, 15) is 0 Å². The van der Waals surface area contributed by atoms with Gasteiger partial charge in [-0.2, -0.15) is 0 Å². The Bertz CT molecular complexity index is 331. The molecular weight excluding hydrogens is 232 g/mol. The van der Waals surface area contributed by atoms with E-state index in [4.69, 9.17) is 0 Å². The van der Waals surface area contributed by atoms with Crippen LogP contribution in [0.3, 0.4) is 0 Å². The van der Waals surface area contributed by atoms with Gasteiger partial charge in [-0.05, 0) is 30.4 Å². The Morgan fingerprint density at radius 3 is 2.26 bits per heavy atom. The van der Waals surface area contributed by atoms with E-state index in [0.717, 1.165) is 30.2 Å². The molecule has 1 saturated heterocycles. The van der Waals surface area contributed by atoms with Crippen LogP contribution in [0.2, 0.25) is 0 Å². The smallest absolute Gasteiger partial charge is 0.0113 e. The van der Waals surface area contributed by atoms with Gasteiger partial charge < -0.3 is 4.90 Å². The highest BCUT2D eigenvalue weighted by molar-refractivity contribution is 5.33. The van der Waals surface area contributed by atoms with Gasteiger partial charge >= 0.3 is 0 Å². The first-order chi connectivity index (χ1) is 9.20. The Kier molecular flexibility index (Phi) is 5.41. The van der Waals surface area contributed by atoms with Crippen molar-refractivity contribution in [2.75, 3.05) is 32.7 Å². The van der Waals surface area contributed by atoms with Crippen LogP contribution in [0.25, 0.3) is 0 Å². The van der Waals surface area contributed by atoms with Crippen LogP contribution < -0.4 is 0 Å². The van der Waals surface area contributed by atoms with E-state index in [1.54, 1.807) is 6.08 Å². The summed E-state index contributed by atoms with van der Waals surface area (Å²) in [6.45, 7) is 17.8. The third kappa shape index (κ3) is 4.05. The molecule has 19 heavy (non-hydrogen) atoms. The molecule has 2 rings (SSSR count). The third-order valence-corrected chi connectivity index (χ3v) is 4.68. The van der Waals surface area contributed by atoms with E-state index in [1.165, 1.54) is 51.9 Å². The molecule has 1 heterocycles. The van der Waals surface area contributed by atoms with Crippen LogP contribution in [0.4, 0.5) is 0 Å². The maximum absolute atomic E-state index is 4.08. The number of hydrogen-bond acceptors (Lipinski definition) is 2. The molecule has 0 radical (unpaired) electrons. The number of allylic oxidation sites excluding steroid dienone is 2. The minimum absolute atomic E-state index is 0.887. The molecule has 0 spiro atoms. The predicted molar refractivity (Wildman–Crippen MR) is 83.4 cm³/mol. The van der Waals surface area contributed by atoms with Crippen molar-refractivity contribution >= 4 is 0 Å². The fraction of sp³-hybridized carbons (Fsp3) is 0.647. The quantitative estimate of drug-likeness (QED) is 0.677. The first kappa shape index (κ1) is 14.5. The van der Waals surface area contributed by atoms with Crippen molar-refractivity contribution < 1.29 is 0 Å². The molecule has 0 amide bonds. The van der Waals surface area contributed by atoms with Gasteiger partial charge in [0.05, 0.1) is 0 Å². The van der Waals surface area contributed by atoms with E-state index in [1.807, 2.05) is 0 Å². The second-order valence-corrected chi connectivity index (χ2v) is 5.90. The second-order valence-electron chi connectivity index (χ2n) is 5.90. The molecule has 0 unspecified atom stereocenters. The van der Waals surface area contributed by atoms with Crippen molar-refractivity contribution in [2.45, 2.75) is 38.1 Å². The van der Waals surface area contributed by atoms with E-state index < -0.39 is 0 Å². The van der Waals surface area contributed by atoms with E-state index >= 15 is 0 Å². The van der Waals surface area contributed by atoms with Crippen LogP contribution in [-0.2, 0) is 0 Å². The highest BCUT2D eigenvalue weighted by Crippen LogP contribution is 2.24. The number of rotatable bonds is 6. The molecule has 1 saturated carbocycles. The summed E-state index contributed by atoms with van der Waals surface area (Å²) in [7, 11) is 0. The van der Waals surface area contributed by atoms with Gasteiger partial charge in [0.2, 0.25) is 0 Å². The van der Waals surface area contributed by atoms with Gasteiger partial charge in [0, 0.05) is 38.8 Å². The SMILES string of the molecule is C=CC(=C)C(=C)CCN1CCN(C2CCCC2)CC1. The molecule has 0 bridgehead atoms. The van der Waals surface area contributed by atoms with Crippen molar-refractivity contribution in [1.82, 2.24) is 9.80 Å². The summed E-state index contributed by atoms with van der Waals surface area (Å²) in [5.74, 6) is 0. The lowest BCUT2D eigenvalue weighted by molar-refractivity contribution is 0.0987. The topological polar surface area (TPSA) is 6.48 Å². The number of nitrogens with zero attached hydrogens (tertiary/aromatic N) is 2. The van der Waals surface area contributed by atoms with Gasteiger partial charge in [0.1, 0.15) is 0 Å². The zero-order valence-corrected chi connectivity index (χ0v) is 12.2. The van der Waals surface area contributed by atoms with Crippen LogP contribution >= 0.6 is 0 Å². The van der Waals surface area contributed by atoms with Crippen molar-refractivity contribution in [1.29, 1.82) is 0 Å². The lowest BCUT2D eigenvalue weighted by Crippen LogP contribution is -2.49. The Morgan fingerprint density at radius 2 is 1.68 bits per heavy atom. The van der Waals surface area contributed by atoms with Gasteiger partial charge in [-0.15, -0.1) is 0 Å². The second kappa shape index (κ2) is 7.06. The lowest BCUT2D eigenvalue weighted by atomic mass is 10.1. The molecule has 2 nitrogen and oxygen atoms in total. The van der Waals surface area contributed by atoms with Crippen LogP contribution in [0.5, 0.6) is 0 Å². The summed E-state index contributed by atoms with van der Waals surface area (Å²) in [5, 5.41) is 0. The fourth-order valence-electron chi connectivity index (χ4n) is 3.22. The Hall–Kier alpha value is -0.860. The zero-order valence-electron chi connectivity index (χ0n) is 12.2. The largest absolute Gasteiger partial charge is 0.300 e. The minimum Gasteiger partial charge on any atom is -0.300 e. The number of hydrogen-bond donors (Lipinski definition) is 0. The minimum atomic E-state index is 0.887. The molecule has 2 aliphatic rings. The van der Waals surface area contributed by atoms with Gasteiger partial charge in [0.15, 0.2) is 0 Å². The van der Waals surface area contributed by atoms with Gasteiger partial charge in [0.25, 0.3) is 0 Å². The van der Waals surface area contributed by atoms with Gasteiger partial charge in [-0.1, -0.05) is 38.7 Å². The van der Waals surface area contributed by atoms with Crippen LogP contribution in [0.15, 0.2) is 37.0 Å². The summed E-state index contributed by atoms with van der Waals surface area (Å²) in [6, 6.07) is 0.887. The molecule has 0 N–H and O–H groups in total. The van der Waals surface area contributed by atoms with Gasteiger partial charge in [-0.3, -0.25) is 4.90 Å². The van der Waals surface area contributed by atoms with Crippen LogP contribution in [0.1, 0.15) is 32.1 Å². The van der Waals surface area contributed by atoms with Crippen molar-refractivity contribution in [3.05, 3.63) is 37.0 Å². The molecular formula is C17H28N2. The van der Waals surface area contributed by atoms with Crippen LogP contribution in [-0.4, -0.2) is 48.6 Å². The van der Waals surface area contributed by atoms with Crippen molar-refractivity contribution in [3.8, 4) is 0 Å². The summed E-state index contributed by atoms with van der Waals surface area (Å²) in [4.78, 5) is 5.27. The van der Waals surface area contributed by atoms with E-state index in [-0.39, 0.29) is 0 Å². The predicted octanol–water partition coefficient (Wildman–Crippen LogP) is 3.24. The lowest BCUT2D eigenvalue weighted by Gasteiger charge is -2.38. The Morgan fingerprint density at radius 1 is 1.05 bits per heavy atom. The third-order valence-electron chi connectivity index (χ3n) is 4.68. The van der Waals surface area contributed by atoms with E-state index in [2.05, 4.69) is 29.5 Å². The first-order valence-electron chi connectivity index (χ1n) is 7.66. The molecule has 0 aromatic carbocycles. The Labute approximate surface area is 118 Å². The monoisotopic (exact) mass is 260 g/mol. The fourth-order valence-corrected chi connectivity index (χ4v) is 3.22.